The van der Waals surface area contributed by atoms with Crippen LogP contribution in [0, 0.1) is 5.41 Å². The number of carbonyl (C=O) groups is 1. The van der Waals surface area contributed by atoms with E-state index in [-0.39, 0.29) is 19.2 Å². The second kappa shape index (κ2) is 10.2. The molecule has 25 heavy (non-hydrogen) atoms. The number of hydrogen-bond acceptors (Lipinski definition) is 3. The second-order valence-corrected chi connectivity index (χ2v) is 7.01. The van der Waals surface area contributed by atoms with Gasteiger partial charge in [-0.15, -0.1) is 0 Å². The van der Waals surface area contributed by atoms with Gasteiger partial charge in [0, 0.05) is 0 Å². The van der Waals surface area contributed by atoms with E-state index < -0.39 is 5.41 Å². The first-order valence-corrected chi connectivity index (χ1v) is 9.12. The highest BCUT2D eigenvalue weighted by molar-refractivity contribution is 5.83. The average Bonchev–Trinajstić information content (AvgIpc) is 2.65. The van der Waals surface area contributed by atoms with Crippen LogP contribution in [0.25, 0.3) is 10.8 Å². The summed E-state index contributed by atoms with van der Waals surface area (Å²) in [7, 11) is 0. The van der Waals surface area contributed by atoms with Crippen LogP contribution < -0.4 is 0 Å². The fourth-order valence-electron chi connectivity index (χ4n) is 2.23. The lowest BCUT2D eigenvalue weighted by atomic mass is 9.91. The maximum Gasteiger partial charge on any atom is 0.311 e. The Morgan fingerprint density at radius 1 is 1.12 bits per heavy atom. The number of carbonyl (C=O) groups excluding carboxylic acids is 1. The first-order chi connectivity index (χ1) is 11.9. The number of fused-ring (bicyclic) bond motifs is 1. The summed E-state index contributed by atoms with van der Waals surface area (Å²) < 4.78 is 4.76. The van der Waals surface area contributed by atoms with Gasteiger partial charge in [0.2, 0.25) is 0 Å². The molecule has 0 aliphatic heterocycles. The fraction of sp³-hybridized carbons (Fsp3) is 0.500. The van der Waals surface area contributed by atoms with Gasteiger partial charge in [-0.1, -0.05) is 63.2 Å². The summed E-state index contributed by atoms with van der Waals surface area (Å²) in [4.78, 5) is 11.1. The van der Waals surface area contributed by atoms with Gasteiger partial charge in [0.15, 0.2) is 0 Å². The van der Waals surface area contributed by atoms with Gasteiger partial charge in [-0.05, 0) is 48.9 Å². The van der Waals surface area contributed by atoms with Crippen molar-refractivity contribution in [2.75, 3.05) is 13.2 Å². The summed E-state index contributed by atoms with van der Waals surface area (Å²) in [6.07, 6.45) is 1.95. The molecule has 3 nitrogen and oxygen atoms in total. The van der Waals surface area contributed by atoms with Crippen molar-refractivity contribution < 1.29 is 14.6 Å². The van der Waals surface area contributed by atoms with Gasteiger partial charge >= 0.3 is 5.97 Å². The Morgan fingerprint density at radius 2 is 1.76 bits per heavy atom. The summed E-state index contributed by atoms with van der Waals surface area (Å²) in [6.45, 7) is 10.1. The molecule has 3 heteroatoms. The molecule has 0 aliphatic rings. The summed E-state index contributed by atoms with van der Waals surface area (Å²) in [5.41, 5.74) is 1.03. The van der Waals surface area contributed by atoms with E-state index in [0.29, 0.717) is 5.92 Å². The quantitative estimate of drug-likeness (QED) is 0.722. The number of aliphatic hydroxyl groups excluding tert-OH is 1. The molecule has 0 amide bonds. The van der Waals surface area contributed by atoms with Gasteiger partial charge < -0.3 is 9.84 Å². The SMILES string of the molecule is CCC(C)(C)C(=O)OCCO.CCC(C)c1ccc2ccccc2c1. The lowest BCUT2D eigenvalue weighted by Gasteiger charge is -2.19. The largest absolute Gasteiger partial charge is 0.463 e. The Hall–Kier alpha value is -1.87. The van der Waals surface area contributed by atoms with Crippen LogP contribution in [-0.2, 0) is 9.53 Å². The fourth-order valence-corrected chi connectivity index (χ4v) is 2.23. The molecule has 0 aliphatic carbocycles. The predicted molar refractivity (Wildman–Crippen MR) is 105 cm³/mol. The molecule has 0 fully saturated rings. The topological polar surface area (TPSA) is 46.5 Å². The lowest BCUT2D eigenvalue weighted by molar-refractivity contribution is -0.155. The molecule has 2 aromatic carbocycles. The van der Waals surface area contributed by atoms with E-state index in [1.807, 2.05) is 20.8 Å². The van der Waals surface area contributed by atoms with Gasteiger partial charge in [-0.3, -0.25) is 4.79 Å². The maximum absolute atomic E-state index is 11.1. The van der Waals surface area contributed by atoms with E-state index in [9.17, 15) is 4.79 Å². The van der Waals surface area contributed by atoms with Crippen molar-refractivity contribution in [3.63, 3.8) is 0 Å². The zero-order valence-electron chi connectivity index (χ0n) is 16.2. The van der Waals surface area contributed by atoms with E-state index in [0.717, 1.165) is 6.42 Å². The molecule has 1 unspecified atom stereocenters. The molecule has 0 spiro atoms. The zero-order valence-corrected chi connectivity index (χ0v) is 16.2. The van der Waals surface area contributed by atoms with Gasteiger partial charge in [0.1, 0.15) is 6.61 Å². The predicted octanol–water partition coefficient (Wildman–Crippen LogP) is 5.31. The Kier molecular flexibility index (Phi) is 8.64. The smallest absolute Gasteiger partial charge is 0.311 e. The first kappa shape index (κ1) is 21.2. The number of rotatable bonds is 6. The third-order valence-corrected chi connectivity index (χ3v) is 4.72. The molecular weight excluding hydrogens is 312 g/mol. The molecule has 0 bridgehead atoms. The highest BCUT2D eigenvalue weighted by Crippen LogP contribution is 2.23. The molecule has 0 aromatic heterocycles. The minimum atomic E-state index is -0.421. The lowest BCUT2D eigenvalue weighted by Crippen LogP contribution is -2.26. The highest BCUT2D eigenvalue weighted by atomic mass is 16.5. The van der Waals surface area contributed by atoms with Crippen LogP contribution in [0.2, 0.25) is 0 Å². The molecular formula is C22H32O3. The van der Waals surface area contributed by atoms with Crippen LogP contribution in [0.1, 0.15) is 58.9 Å². The van der Waals surface area contributed by atoms with Crippen molar-refractivity contribution in [3.8, 4) is 0 Å². The highest BCUT2D eigenvalue weighted by Gasteiger charge is 2.26. The standard InChI is InChI=1S/C14H16.C8H16O3/c1-3-11(2)13-9-8-12-6-4-5-7-14(12)10-13;1-4-8(2,3)7(10)11-6-5-9/h4-11H,3H2,1-2H3;9H,4-6H2,1-3H3. The minimum Gasteiger partial charge on any atom is -0.463 e. The van der Waals surface area contributed by atoms with E-state index in [2.05, 4.69) is 56.3 Å². The second-order valence-electron chi connectivity index (χ2n) is 7.01. The Morgan fingerprint density at radius 3 is 2.32 bits per heavy atom. The molecule has 2 aromatic rings. The molecule has 1 N–H and O–H groups in total. The van der Waals surface area contributed by atoms with Gasteiger partial charge in [0.25, 0.3) is 0 Å². The summed E-state index contributed by atoms with van der Waals surface area (Å²) in [5, 5.41) is 11.1. The number of aliphatic hydroxyl groups is 1. The van der Waals surface area contributed by atoms with Crippen LogP contribution in [0.4, 0.5) is 0 Å². The normalized spacial score (nSPS) is 12.2. The Balaban J connectivity index is 0.000000260. The molecule has 1 atom stereocenters. The van der Waals surface area contributed by atoms with Crippen LogP contribution in [-0.4, -0.2) is 24.3 Å². The van der Waals surface area contributed by atoms with Crippen molar-refractivity contribution >= 4 is 16.7 Å². The van der Waals surface area contributed by atoms with E-state index in [1.54, 1.807) is 0 Å². The molecule has 2 rings (SSSR count). The van der Waals surface area contributed by atoms with E-state index in [4.69, 9.17) is 9.84 Å². The minimum absolute atomic E-state index is 0.0995. The van der Waals surface area contributed by atoms with Crippen LogP contribution in [0.5, 0.6) is 0 Å². The molecule has 0 radical (unpaired) electrons. The monoisotopic (exact) mass is 344 g/mol. The van der Waals surface area contributed by atoms with Gasteiger partial charge in [0.05, 0.1) is 12.0 Å². The number of esters is 1. The molecule has 138 valence electrons. The number of hydrogen-bond donors (Lipinski definition) is 1. The third-order valence-electron chi connectivity index (χ3n) is 4.72. The molecule has 0 heterocycles. The summed E-state index contributed by atoms with van der Waals surface area (Å²) in [5.74, 6) is 0.425. The van der Waals surface area contributed by atoms with Crippen molar-refractivity contribution in [1.29, 1.82) is 0 Å². The van der Waals surface area contributed by atoms with Crippen molar-refractivity contribution in [2.24, 2.45) is 5.41 Å². The third kappa shape index (κ3) is 6.50. The van der Waals surface area contributed by atoms with E-state index in [1.165, 1.54) is 22.8 Å². The van der Waals surface area contributed by atoms with Crippen LogP contribution in [0.15, 0.2) is 42.5 Å². The zero-order chi connectivity index (χ0) is 18.9. The first-order valence-electron chi connectivity index (χ1n) is 9.12. The molecule has 0 saturated carbocycles. The van der Waals surface area contributed by atoms with Crippen molar-refractivity contribution in [1.82, 2.24) is 0 Å². The van der Waals surface area contributed by atoms with Crippen molar-refractivity contribution in [3.05, 3.63) is 48.0 Å². The Bertz CT molecular complexity index is 661. The number of ether oxygens (including phenoxy) is 1. The molecule has 0 saturated heterocycles. The van der Waals surface area contributed by atoms with Crippen LogP contribution >= 0.6 is 0 Å². The Labute approximate surface area is 152 Å². The van der Waals surface area contributed by atoms with Crippen LogP contribution in [0.3, 0.4) is 0 Å². The summed E-state index contributed by atoms with van der Waals surface area (Å²) >= 11 is 0. The van der Waals surface area contributed by atoms with Crippen molar-refractivity contribution in [2.45, 2.75) is 53.4 Å². The van der Waals surface area contributed by atoms with E-state index >= 15 is 0 Å². The van der Waals surface area contributed by atoms with Gasteiger partial charge in [-0.25, -0.2) is 0 Å². The maximum atomic E-state index is 11.1. The summed E-state index contributed by atoms with van der Waals surface area (Å²) in [6, 6.07) is 15.3. The number of benzene rings is 2. The van der Waals surface area contributed by atoms with Gasteiger partial charge in [-0.2, -0.15) is 0 Å². The average molecular weight is 344 g/mol.